The first-order chi connectivity index (χ1) is 11.0. The molecule has 1 saturated carbocycles. The molecule has 2 amide bonds. The summed E-state index contributed by atoms with van der Waals surface area (Å²) in [5.74, 6) is 0.931. The molecule has 0 aromatic heterocycles. The van der Waals surface area contributed by atoms with Gasteiger partial charge in [0.1, 0.15) is 11.9 Å². The SMILES string of the molecule is Cc1cccc(C)c1OC1CN(C(=O)N[C@H]2CCCC[C@@H]2O)C1. The summed E-state index contributed by atoms with van der Waals surface area (Å²) in [4.78, 5) is 14.0. The van der Waals surface area contributed by atoms with Crippen molar-refractivity contribution < 1.29 is 14.6 Å². The molecule has 0 spiro atoms. The second-order valence-electron chi connectivity index (χ2n) is 6.77. The molecule has 2 atom stereocenters. The smallest absolute Gasteiger partial charge is 0.317 e. The minimum absolute atomic E-state index is 0.0526. The average molecular weight is 318 g/mol. The van der Waals surface area contributed by atoms with E-state index in [1.807, 2.05) is 32.0 Å². The number of urea groups is 1. The zero-order chi connectivity index (χ0) is 16.4. The van der Waals surface area contributed by atoms with Crippen LogP contribution in [0.5, 0.6) is 5.75 Å². The predicted molar refractivity (Wildman–Crippen MR) is 88.7 cm³/mol. The first-order valence-electron chi connectivity index (χ1n) is 8.51. The maximum Gasteiger partial charge on any atom is 0.317 e. The molecule has 2 fully saturated rings. The molecule has 1 aromatic rings. The largest absolute Gasteiger partial charge is 0.486 e. The lowest BCUT2D eigenvalue weighted by Crippen LogP contribution is -2.61. The van der Waals surface area contributed by atoms with E-state index in [1.165, 1.54) is 0 Å². The van der Waals surface area contributed by atoms with Crippen LogP contribution in [0.1, 0.15) is 36.8 Å². The van der Waals surface area contributed by atoms with Gasteiger partial charge < -0.3 is 20.1 Å². The number of aliphatic hydroxyl groups excluding tert-OH is 1. The van der Waals surface area contributed by atoms with Crippen LogP contribution in [0.4, 0.5) is 4.79 Å². The number of amides is 2. The van der Waals surface area contributed by atoms with Crippen LogP contribution in [0.3, 0.4) is 0 Å². The molecule has 3 rings (SSSR count). The van der Waals surface area contributed by atoms with Gasteiger partial charge in [-0.25, -0.2) is 4.79 Å². The van der Waals surface area contributed by atoms with E-state index in [1.54, 1.807) is 4.90 Å². The zero-order valence-electron chi connectivity index (χ0n) is 13.9. The molecule has 2 aliphatic rings. The molecule has 1 aliphatic heterocycles. The van der Waals surface area contributed by atoms with Crippen LogP contribution in [-0.4, -0.2) is 47.4 Å². The van der Waals surface area contributed by atoms with Crippen LogP contribution in [-0.2, 0) is 0 Å². The third-order valence-corrected chi connectivity index (χ3v) is 4.87. The number of nitrogens with zero attached hydrogens (tertiary/aromatic N) is 1. The Morgan fingerprint density at radius 2 is 1.87 bits per heavy atom. The number of carbonyl (C=O) groups excluding carboxylic acids is 1. The highest BCUT2D eigenvalue weighted by atomic mass is 16.5. The maximum atomic E-state index is 12.2. The van der Waals surface area contributed by atoms with Crippen LogP contribution in [0, 0.1) is 13.8 Å². The quantitative estimate of drug-likeness (QED) is 0.899. The molecule has 0 radical (unpaired) electrons. The van der Waals surface area contributed by atoms with Crippen molar-refractivity contribution in [2.75, 3.05) is 13.1 Å². The third kappa shape index (κ3) is 3.61. The lowest BCUT2D eigenvalue weighted by molar-refractivity contribution is 0.0361. The fourth-order valence-corrected chi connectivity index (χ4v) is 3.36. The summed E-state index contributed by atoms with van der Waals surface area (Å²) in [6, 6.07) is 5.91. The number of aliphatic hydroxyl groups is 1. The van der Waals surface area contributed by atoms with Crippen molar-refractivity contribution in [3.05, 3.63) is 29.3 Å². The number of benzene rings is 1. The third-order valence-electron chi connectivity index (χ3n) is 4.87. The molecule has 0 bridgehead atoms. The summed E-state index contributed by atoms with van der Waals surface area (Å²) in [7, 11) is 0. The first-order valence-corrected chi connectivity index (χ1v) is 8.51. The molecule has 2 N–H and O–H groups in total. The Labute approximate surface area is 137 Å². The number of likely N-dealkylation sites (tertiary alicyclic amines) is 1. The van der Waals surface area contributed by atoms with E-state index in [9.17, 15) is 9.90 Å². The topological polar surface area (TPSA) is 61.8 Å². The molecule has 1 aliphatic carbocycles. The Kier molecular flexibility index (Phi) is 4.76. The molecule has 1 heterocycles. The van der Waals surface area contributed by atoms with Crippen LogP contribution < -0.4 is 10.1 Å². The van der Waals surface area contributed by atoms with Crippen LogP contribution >= 0.6 is 0 Å². The summed E-state index contributed by atoms with van der Waals surface area (Å²) in [5, 5.41) is 12.9. The van der Waals surface area contributed by atoms with E-state index in [2.05, 4.69) is 5.32 Å². The normalized spacial score (nSPS) is 24.9. The van der Waals surface area contributed by atoms with Crippen LogP contribution in [0.2, 0.25) is 0 Å². The molecule has 23 heavy (non-hydrogen) atoms. The minimum atomic E-state index is -0.407. The molecule has 0 unspecified atom stereocenters. The van der Waals surface area contributed by atoms with Crippen molar-refractivity contribution in [3.8, 4) is 5.75 Å². The minimum Gasteiger partial charge on any atom is -0.486 e. The van der Waals surface area contributed by atoms with Gasteiger partial charge >= 0.3 is 6.03 Å². The Bertz CT molecular complexity index is 549. The molecular weight excluding hydrogens is 292 g/mol. The average Bonchev–Trinajstić information content (AvgIpc) is 2.47. The fourth-order valence-electron chi connectivity index (χ4n) is 3.36. The van der Waals surface area contributed by atoms with Gasteiger partial charge in [-0.1, -0.05) is 31.0 Å². The number of para-hydroxylation sites is 1. The number of hydrogen-bond acceptors (Lipinski definition) is 3. The summed E-state index contributed by atoms with van der Waals surface area (Å²) < 4.78 is 6.03. The maximum absolute atomic E-state index is 12.2. The number of carbonyl (C=O) groups is 1. The molecule has 5 heteroatoms. The highest BCUT2D eigenvalue weighted by Gasteiger charge is 2.35. The number of ether oxygens (including phenoxy) is 1. The number of aryl methyl sites for hydroxylation is 2. The Morgan fingerprint density at radius 3 is 2.52 bits per heavy atom. The van der Waals surface area contributed by atoms with Crippen molar-refractivity contribution in [2.45, 2.75) is 57.8 Å². The Morgan fingerprint density at radius 1 is 1.22 bits per heavy atom. The van der Waals surface area contributed by atoms with Gasteiger partial charge in [0.15, 0.2) is 0 Å². The monoisotopic (exact) mass is 318 g/mol. The molecule has 5 nitrogen and oxygen atoms in total. The molecule has 1 aromatic carbocycles. The Hall–Kier alpha value is -1.75. The number of hydrogen-bond donors (Lipinski definition) is 2. The van der Waals surface area contributed by atoms with Gasteiger partial charge in [0.05, 0.1) is 25.2 Å². The van der Waals surface area contributed by atoms with Gasteiger partial charge in [0.2, 0.25) is 0 Å². The van der Waals surface area contributed by atoms with Gasteiger partial charge in [-0.15, -0.1) is 0 Å². The van der Waals surface area contributed by atoms with Gasteiger partial charge in [-0.3, -0.25) is 0 Å². The number of nitrogens with one attached hydrogen (secondary N) is 1. The second-order valence-corrected chi connectivity index (χ2v) is 6.77. The molecule has 1 saturated heterocycles. The van der Waals surface area contributed by atoms with Crippen molar-refractivity contribution in [2.24, 2.45) is 0 Å². The Balaban J connectivity index is 1.48. The lowest BCUT2D eigenvalue weighted by Gasteiger charge is -2.40. The molecule has 126 valence electrons. The van der Waals surface area contributed by atoms with E-state index < -0.39 is 6.10 Å². The van der Waals surface area contributed by atoms with Gasteiger partial charge in [0, 0.05) is 0 Å². The summed E-state index contributed by atoms with van der Waals surface area (Å²) >= 11 is 0. The van der Waals surface area contributed by atoms with E-state index in [-0.39, 0.29) is 18.2 Å². The van der Waals surface area contributed by atoms with Crippen molar-refractivity contribution in [3.63, 3.8) is 0 Å². The lowest BCUT2D eigenvalue weighted by atomic mass is 9.93. The van der Waals surface area contributed by atoms with E-state index in [4.69, 9.17) is 4.74 Å². The van der Waals surface area contributed by atoms with E-state index in [0.717, 1.165) is 42.6 Å². The van der Waals surface area contributed by atoms with Crippen molar-refractivity contribution in [1.82, 2.24) is 10.2 Å². The summed E-state index contributed by atoms with van der Waals surface area (Å²) in [5.41, 5.74) is 2.25. The number of rotatable bonds is 3. The second kappa shape index (κ2) is 6.79. The predicted octanol–water partition coefficient (Wildman–Crippen LogP) is 2.38. The van der Waals surface area contributed by atoms with Crippen LogP contribution in [0.25, 0.3) is 0 Å². The molecular formula is C18H26N2O3. The van der Waals surface area contributed by atoms with Crippen molar-refractivity contribution >= 4 is 6.03 Å². The zero-order valence-corrected chi connectivity index (χ0v) is 13.9. The highest BCUT2D eigenvalue weighted by Crippen LogP contribution is 2.26. The van der Waals surface area contributed by atoms with Crippen LogP contribution in [0.15, 0.2) is 18.2 Å². The standard InChI is InChI=1S/C18H26N2O3/c1-12-6-5-7-13(2)17(12)23-14-10-20(11-14)18(22)19-15-8-3-4-9-16(15)21/h5-7,14-16,21H,3-4,8-11H2,1-2H3,(H,19,22)/t15-,16-/m0/s1. The van der Waals surface area contributed by atoms with E-state index >= 15 is 0 Å². The summed E-state index contributed by atoms with van der Waals surface area (Å²) in [6.07, 6.45) is 3.41. The van der Waals surface area contributed by atoms with E-state index in [0.29, 0.717) is 13.1 Å². The van der Waals surface area contributed by atoms with Gasteiger partial charge in [-0.05, 0) is 37.8 Å². The fraction of sp³-hybridized carbons (Fsp3) is 0.611. The summed E-state index contributed by atoms with van der Waals surface area (Å²) in [6.45, 7) is 5.27. The first kappa shape index (κ1) is 16.1. The highest BCUT2D eigenvalue weighted by molar-refractivity contribution is 5.75. The van der Waals surface area contributed by atoms with Gasteiger partial charge in [-0.2, -0.15) is 0 Å². The van der Waals surface area contributed by atoms with Crippen molar-refractivity contribution in [1.29, 1.82) is 0 Å². The van der Waals surface area contributed by atoms with Gasteiger partial charge in [0.25, 0.3) is 0 Å².